The van der Waals surface area contributed by atoms with Crippen molar-refractivity contribution >= 4 is 12.4 Å². The fourth-order valence-corrected chi connectivity index (χ4v) is 0.687. The Balaban J connectivity index is 0. The van der Waals surface area contributed by atoms with E-state index in [4.69, 9.17) is 5.21 Å². The van der Waals surface area contributed by atoms with Gasteiger partial charge in [0.2, 0.25) is 0 Å². The summed E-state index contributed by atoms with van der Waals surface area (Å²) in [6.45, 7) is 0.515. The van der Waals surface area contributed by atoms with E-state index in [-0.39, 0.29) is 17.9 Å². The monoisotopic (exact) mass is 177 g/mol. The van der Waals surface area contributed by atoms with E-state index in [1.165, 1.54) is 0 Å². The molecule has 0 radical (unpaired) electrons. The maximum absolute atomic E-state index is 8.27. The average Bonchev–Trinajstić information content (AvgIpc) is 1.91. The van der Waals surface area contributed by atoms with E-state index >= 15 is 0 Å². The molecule has 0 atom stereocenters. The van der Waals surface area contributed by atoms with Crippen LogP contribution in [0.5, 0.6) is 0 Å². The van der Waals surface area contributed by atoms with Crippen LogP contribution in [0.2, 0.25) is 0 Å². The quantitative estimate of drug-likeness (QED) is 0.656. The van der Waals surface area contributed by atoms with E-state index in [2.05, 4.69) is 5.48 Å². The minimum Gasteiger partial charge on any atom is -0.412 e. The standard InChI is InChI=1S/C7H9NO.ClH.H2O/c9-8-6-7-4-2-1-3-5-7;;/h1-5,8-9H,6H2;1H;1H2. The smallest absolute Gasteiger partial charge is 0.0458 e. The van der Waals surface area contributed by atoms with Crippen LogP contribution < -0.4 is 5.48 Å². The third kappa shape index (κ3) is 4.75. The molecule has 0 aliphatic heterocycles. The first-order valence-electron chi connectivity index (χ1n) is 2.84. The van der Waals surface area contributed by atoms with Crippen LogP contribution >= 0.6 is 12.4 Å². The molecule has 0 saturated carbocycles. The average molecular weight is 178 g/mol. The molecule has 4 N–H and O–H groups in total. The molecule has 0 fully saturated rings. The number of halogens is 1. The van der Waals surface area contributed by atoms with Crippen LogP contribution in [0.4, 0.5) is 0 Å². The lowest BCUT2D eigenvalue weighted by Gasteiger charge is -1.94. The van der Waals surface area contributed by atoms with Crippen molar-refractivity contribution in [3.8, 4) is 0 Å². The molecule has 0 aromatic heterocycles. The molecule has 0 bridgehead atoms. The van der Waals surface area contributed by atoms with Gasteiger partial charge in [-0.2, -0.15) is 0 Å². The van der Waals surface area contributed by atoms with E-state index in [1.807, 2.05) is 30.3 Å². The van der Waals surface area contributed by atoms with Crippen molar-refractivity contribution in [1.82, 2.24) is 5.48 Å². The van der Waals surface area contributed by atoms with Gasteiger partial charge in [0.15, 0.2) is 0 Å². The van der Waals surface area contributed by atoms with Gasteiger partial charge in [0.25, 0.3) is 0 Å². The zero-order valence-electron chi connectivity index (χ0n) is 5.95. The highest BCUT2D eigenvalue weighted by Gasteiger charge is 1.84. The van der Waals surface area contributed by atoms with E-state index in [0.29, 0.717) is 6.54 Å². The Morgan fingerprint density at radius 2 is 1.73 bits per heavy atom. The van der Waals surface area contributed by atoms with Gasteiger partial charge >= 0.3 is 0 Å². The Labute approximate surface area is 71.7 Å². The van der Waals surface area contributed by atoms with Crippen molar-refractivity contribution in [3.05, 3.63) is 35.9 Å². The first-order chi connectivity index (χ1) is 4.43. The molecule has 0 aliphatic carbocycles. The largest absolute Gasteiger partial charge is 0.412 e. The summed E-state index contributed by atoms with van der Waals surface area (Å²) >= 11 is 0. The molecule has 64 valence electrons. The van der Waals surface area contributed by atoms with Gasteiger partial charge in [0.1, 0.15) is 0 Å². The van der Waals surface area contributed by atoms with E-state index in [0.717, 1.165) is 5.56 Å². The van der Waals surface area contributed by atoms with Crippen LogP contribution in [0, 0.1) is 0 Å². The van der Waals surface area contributed by atoms with Crippen molar-refractivity contribution < 1.29 is 10.7 Å². The summed E-state index contributed by atoms with van der Waals surface area (Å²) in [5.74, 6) is 0. The highest BCUT2D eigenvalue weighted by molar-refractivity contribution is 5.85. The second-order valence-corrected chi connectivity index (χ2v) is 1.82. The molecule has 0 unspecified atom stereocenters. The summed E-state index contributed by atoms with van der Waals surface area (Å²) < 4.78 is 0. The lowest BCUT2D eigenvalue weighted by Crippen LogP contribution is -2.05. The number of hydroxylamine groups is 1. The Bertz CT molecular complexity index is 169. The van der Waals surface area contributed by atoms with Crippen LogP contribution in [0.25, 0.3) is 0 Å². The van der Waals surface area contributed by atoms with Gasteiger partial charge in [0.05, 0.1) is 0 Å². The minimum absolute atomic E-state index is 0. The fourth-order valence-electron chi connectivity index (χ4n) is 0.687. The summed E-state index contributed by atoms with van der Waals surface area (Å²) in [5, 5.41) is 8.27. The maximum Gasteiger partial charge on any atom is 0.0458 e. The molecule has 0 aliphatic rings. The van der Waals surface area contributed by atoms with Crippen LogP contribution in [-0.4, -0.2) is 10.7 Å². The van der Waals surface area contributed by atoms with Gasteiger partial charge in [-0.3, -0.25) is 0 Å². The first-order valence-corrected chi connectivity index (χ1v) is 2.84. The predicted molar refractivity (Wildman–Crippen MR) is 45.9 cm³/mol. The zero-order chi connectivity index (χ0) is 6.53. The highest BCUT2D eigenvalue weighted by Crippen LogP contribution is 1.95. The Kier molecular flexibility index (Phi) is 8.87. The lowest BCUT2D eigenvalue weighted by atomic mass is 10.2. The molecule has 0 saturated heterocycles. The Morgan fingerprint density at radius 3 is 2.18 bits per heavy atom. The molecule has 0 spiro atoms. The molecular formula is C7H12ClNO2. The van der Waals surface area contributed by atoms with Gasteiger partial charge in [-0.25, -0.2) is 5.48 Å². The molecule has 1 aromatic carbocycles. The van der Waals surface area contributed by atoms with E-state index in [1.54, 1.807) is 0 Å². The Hall–Kier alpha value is -0.610. The minimum atomic E-state index is 0. The van der Waals surface area contributed by atoms with E-state index < -0.39 is 0 Å². The molecule has 3 nitrogen and oxygen atoms in total. The van der Waals surface area contributed by atoms with Crippen molar-refractivity contribution in [2.45, 2.75) is 6.54 Å². The van der Waals surface area contributed by atoms with Crippen molar-refractivity contribution in [1.29, 1.82) is 0 Å². The van der Waals surface area contributed by atoms with Crippen LogP contribution in [-0.2, 0) is 6.54 Å². The first kappa shape index (κ1) is 13.0. The Morgan fingerprint density at radius 1 is 1.18 bits per heavy atom. The van der Waals surface area contributed by atoms with Crippen LogP contribution in [0.3, 0.4) is 0 Å². The molecule has 0 amide bonds. The number of nitrogens with one attached hydrogen (secondary N) is 1. The summed E-state index contributed by atoms with van der Waals surface area (Å²) in [7, 11) is 0. The number of rotatable bonds is 2. The van der Waals surface area contributed by atoms with E-state index in [9.17, 15) is 0 Å². The maximum atomic E-state index is 8.27. The normalized spacial score (nSPS) is 7.73. The molecule has 11 heavy (non-hydrogen) atoms. The summed E-state index contributed by atoms with van der Waals surface area (Å²) in [4.78, 5) is 0. The van der Waals surface area contributed by atoms with Gasteiger partial charge in [-0.15, -0.1) is 12.4 Å². The highest BCUT2D eigenvalue weighted by atomic mass is 35.5. The van der Waals surface area contributed by atoms with Gasteiger partial charge in [-0.05, 0) is 5.56 Å². The zero-order valence-corrected chi connectivity index (χ0v) is 6.77. The van der Waals surface area contributed by atoms with Gasteiger partial charge < -0.3 is 10.7 Å². The third-order valence-electron chi connectivity index (χ3n) is 1.13. The summed E-state index contributed by atoms with van der Waals surface area (Å²) in [5.41, 5.74) is 3.17. The summed E-state index contributed by atoms with van der Waals surface area (Å²) in [6.07, 6.45) is 0. The van der Waals surface area contributed by atoms with Crippen molar-refractivity contribution in [2.75, 3.05) is 0 Å². The number of hydrogen-bond acceptors (Lipinski definition) is 2. The fraction of sp³-hybridized carbons (Fsp3) is 0.143. The third-order valence-corrected chi connectivity index (χ3v) is 1.13. The summed E-state index contributed by atoms with van der Waals surface area (Å²) in [6, 6.07) is 9.71. The van der Waals surface area contributed by atoms with Crippen molar-refractivity contribution in [3.63, 3.8) is 0 Å². The number of benzene rings is 1. The van der Waals surface area contributed by atoms with Crippen molar-refractivity contribution in [2.24, 2.45) is 0 Å². The second kappa shape index (κ2) is 7.50. The molecular weight excluding hydrogens is 166 g/mol. The van der Waals surface area contributed by atoms with Crippen LogP contribution in [0.1, 0.15) is 5.56 Å². The topological polar surface area (TPSA) is 63.8 Å². The molecule has 0 heterocycles. The van der Waals surface area contributed by atoms with Gasteiger partial charge in [0, 0.05) is 6.54 Å². The predicted octanol–water partition coefficient (Wildman–Crippen LogP) is 0.763. The van der Waals surface area contributed by atoms with Crippen LogP contribution in [0.15, 0.2) is 30.3 Å². The van der Waals surface area contributed by atoms with Gasteiger partial charge in [-0.1, -0.05) is 30.3 Å². The number of hydrogen-bond donors (Lipinski definition) is 2. The lowest BCUT2D eigenvalue weighted by molar-refractivity contribution is 0.161. The molecule has 4 heteroatoms. The molecule has 1 aromatic rings. The SMILES string of the molecule is Cl.O.ONCc1ccccc1. The second-order valence-electron chi connectivity index (χ2n) is 1.82. The molecule has 1 rings (SSSR count).